The highest BCUT2D eigenvalue weighted by atomic mass is 16.5. The summed E-state index contributed by atoms with van der Waals surface area (Å²) in [7, 11) is 0. The Morgan fingerprint density at radius 2 is 2.00 bits per heavy atom. The second-order valence-corrected chi connectivity index (χ2v) is 4.34. The third-order valence-electron chi connectivity index (χ3n) is 2.69. The van der Waals surface area contributed by atoms with E-state index in [1.807, 2.05) is 6.92 Å². The first-order valence-corrected chi connectivity index (χ1v) is 5.99. The average Bonchev–Trinajstić information content (AvgIpc) is 2.23. The molecule has 0 amide bonds. The Labute approximate surface area is 99.1 Å². The summed E-state index contributed by atoms with van der Waals surface area (Å²) in [6, 6.07) is 4.34. The summed E-state index contributed by atoms with van der Waals surface area (Å²) in [6.45, 7) is 10.5. The molecule has 0 saturated heterocycles. The Kier molecular flexibility index (Phi) is 4.60. The molecule has 1 aromatic carbocycles. The van der Waals surface area contributed by atoms with Crippen molar-refractivity contribution >= 4 is 6.08 Å². The second-order valence-electron chi connectivity index (χ2n) is 4.34. The van der Waals surface area contributed by atoms with Crippen LogP contribution in [0.25, 0.3) is 6.08 Å². The lowest BCUT2D eigenvalue weighted by atomic mass is 10.0. The van der Waals surface area contributed by atoms with Crippen LogP contribution in [-0.2, 0) is 0 Å². The molecule has 0 unspecified atom stereocenters. The van der Waals surface area contributed by atoms with Crippen LogP contribution in [0.3, 0.4) is 0 Å². The summed E-state index contributed by atoms with van der Waals surface area (Å²) >= 11 is 0. The van der Waals surface area contributed by atoms with Gasteiger partial charge in [0.25, 0.3) is 0 Å². The SMILES string of the molecule is C/C=C\c1cc(C)cc(C)c1O[C@H](C)CC. The standard InChI is InChI=1S/C15H22O/c1-6-8-14-10-11(3)9-12(4)15(14)16-13(5)7-2/h6,8-10,13H,7H2,1-5H3/b8-6-/t13-/m1/s1. The summed E-state index contributed by atoms with van der Waals surface area (Å²) in [4.78, 5) is 0. The molecule has 0 aliphatic carbocycles. The minimum Gasteiger partial charge on any atom is -0.490 e. The molecule has 0 bridgehead atoms. The second kappa shape index (κ2) is 5.74. The smallest absolute Gasteiger partial charge is 0.129 e. The summed E-state index contributed by atoms with van der Waals surface area (Å²) < 4.78 is 5.98. The normalized spacial score (nSPS) is 13.1. The minimum absolute atomic E-state index is 0.269. The van der Waals surface area contributed by atoms with Crippen molar-refractivity contribution in [1.82, 2.24) is 0 Å². The zero-order valence-electron chi connectivity index (χ0n) is 11.0. The molecular formula is C15H22O. The lowest BCUT2D eigenvalue weighted by molar-refractivity contribution is 0.215. The van der Waals surface area contributed by atoms with Crippen LogP contribution in [0.5, 0.6) is 5.75 Å². The van der Waals surface area contributed by atoms with E-state index in [1.165, 1.54) is 16.7 Å². The van der Waals surface area contributed by atoms with E-state index in [1.54, 1.807) is 0 Å². The van der Waals surface area contributed by atoms with E-state index < -0.39 is 0 Å². The Hall–Kier alpha value is -1.24. The van der Waals surface area contributed by atoms with Gasteiger partial charge in [0.05, 0.1) is 6.10 Å². The Balaban J connectivity index is 3.13. The topological polar surface area (TPSA) is 9.23 Å². The molecule has 16 heavy (non-hydrogen) atoms. The minimum atomic E-state index is 0.269. The van der Waals surface area contributed by atoms with Gasteiger partial charge in [0.2, 0.25) is 0 Å². The quantitative estimate of drug-likeness (QED) is 0.722. The summed E-state index contributed by atoms with van der Waals surface area (Å²) in [5.41, 5.74) is 3.68. The van der Waals surface area contributed by atoms with Crippen LogP contribution in [0.2, 0.25) is 0 Å². The van der Waals surface area contributed by atoms with Crippen LogP contribution in [-0.4, -0.2) is 6.10 Å². The van der Waals surface area contributed by atoms with Crippen LogP contribution < -0.4 is 4.74 Å². The van der Waals surface area contributed by atoms with Gasteiger partial charge in [-0.3, -0.25) is 0 Å². The number of hydrogen-bond acceptors (Lipinski definition) is 1. The van der Waals surface area contributed by atoms with Crippen molar-refractivity contribution in [1.29, 1.82) is 0 Å². The molecule has 0 aliphatic rings. The first-order valence-electron chi connectivity index (χ1n) is 5.99. The number of allylic oxidation sites excluding steroid dienone is 1. The van der Waals surface area contributed by atoms with Gasteiger partial charge in [-0.15, -0.1) is 0 Å². The Morgan fingerprint density at radius 1 is 1.31 bits per heavy atom. The van der Waals surface area contributed by atoms with E-state index in [2.05, 4.69) is 52.0 Å². The van der Waals surface area contributed by atoms with Gasteiger partial charge >= 0.3 is 0 Å². The lowest BCUT2D eigenvalue weighted by Gasteiger charge is -2.17. The lowest BCUT2D eigenvalue weighted by Crippen LogP contribution is -2.11. The van der Waals surface area contributed by atoms with E-state index in [-0.39, 0.29) is 6.10 Å². The van der Waals surface area contributed by atoms with Gasteiger partial charge in [-0.25, -0.2) is 0 Å². The van der Waals surface area contributed by atoms with Gasteiger partial charge in [0, 0.05) is 5.56 Å². The maximum absolute atomic E-state index is 5.98. The molecule has 1 nitrogen and oxygen atoms in total. The third-order valence-corrected chi connectivity index (χ3v) is 2.69. The number of ether oxygens (including phenoxy) is 1. The van der Waals surface area contributed by atoms with Crippen molar-refractivity contribution in [2.75, 3.05) is 0 Å². The highest BCUT2D eigenvalue weighted by Crippen LogP contribution is 2.28. The van der Waals surface area contributed by atoms with Gasteiger partial charge < -0.3 is 4.74 Å². The number of hydrogen-bond donors (Lipinski definition) is 0. The zero-order chi connectivity index (χ0) is 12.1. The maximum Gasteiger partial charge on any atom is 0.129 e. The zero-order valence-corrected chi connectivity index (χ0v) is 11.0. The molecule has 88 valence electrons. The largest absolute Gasteiger partial charge is 0.490 e. The number of rotatable bonds is 4. The van der Waals surface area contributed by atoms with Crippen LogP contribution in [0.4, 0.5) is 0 Å². The van der Waals surface area contributed by atoms with E-state index in [4.69, 9.17) is 4.74 Å². The molecule has 0 fully saturated rings. The van der Waals surface area contributed by atoms with Crippen molar-refractivity contribution < 1.29 is 4.74 Å². The molecular weight excluding hydrogens is 196 g/mol. The molecule has 0 aliphatic heterocycles. The van der Waals surface area contributed by atoms with Crippen LogP contribution in [0, 0.1) is 13.8 Å². The third kappa shape index (κ3) is 3.13. The van der Waals surface area contributed by atoms with Crippen LogP contribution >= 0.6 is 0 Å². The van der Waals surface area contributed by atoms with Gasteiger partial charge in [0.15, 0.2) is 0 Å². The molecule has 1 atom stereocenters. The van der Waals surface area contributed by atoms with E-state index in [0.717, 1.165) is 12.2 Å². The van der Waals surface area contributed by atoms with Crippen molar-refractivity contribution in [3.63, 3.8) is 0 Å². The van der Waals surface area contributed by atoms with Gasteiger partial charge in [0.1, 0.15) is 5.75 Å². The van der Waals surface area contributed by atoms with Crippen molar-refractivity contribution in [3.05, 3.63) is 34.9 Å². The van der Waals surface area contributed by atoms with E-state index in [9.17, 15) is 0 Å². The van der Waals surface area contributed by atoms with Crippen molar-refractivity contribution in [2.24, 2.45) is 0 Å². The van der Waals surface area contributed by atoms with Crippen LogP contribution in [0.1, 0.15) is 43.9 Å². The average molecular weight is 218 g/mol. The molecule has 0 saturated carbocycles. The molecule has 0 aromatic heterocycles. The maximum atomic E-state index is 5.98. The van der Waals surface area contributed by atoms with Gasteiger partial charge in [-0.2, -0.15) is 0 Å². The number of benzene rings is 1. The molecule has 1 rings (SSSR count). The predicted octanol–water partition coefficient (Wildman–Crippen LogP) is 4.51. The molecule has 0 spiro atoms. The first-order chi connectivity index (χ1) is 7.58. The molecule has 0 N–H and O–H groups in total. The van der Waals surface area contributed by atoms with Crippen LogP contribution in [0.15, 0.2) is 18.2 Å². The molecule has 0 radical (unpaired) electrons. The first kappa shape index (κ1) is 12.8. The van der Waals surface area contributed by atoms with Gasteiger partial charge in [-0.05, 0) is 45.7 Å². The Bertz CT molecular complexity index is 377. The number of aryl methyl sites for hydroxylation is 2. The predicted molar refractivity (Wildman–Crippen MR) is 71.0 cm³/mol. The fourth-order valence-electron chi connectivity index (χ4n) is 1.74. The fraction of sp³-hybridized carbons (Fsp3) is 0.467. The monoisotopic (exact) mass is 218 g/mol. The van der Waals surface area contributed by atoms with E-state index in [0.29, 0.717) is 0 Å². The van der Waals surface area contributed by atoms with Gasteiger partial charge in [-0.1, -0.05) is 30.7 Å². The Morgan fingerprint density at radius 3 is 2.56 bits per heavy atom. The van der Waals surface area contributed by atoms with Crippen molar-refractivity contribution in [2.45, 2.75) is 47.1 Å². The van der Waals surface area contributed by atoms with Crippen molar-refractivity contribution in [3.8, 4) is 5.75 Å². The fourth-order valence-corrected chi connectivity index (χ4v) is 1.74. The van der Waals surface area contributed by atoms with E-state index >= 15 is 0 Å². The summed E-state index contributed by atoms with van der Waals surface area (Å²) in [6.07, 6.45) is 5.46. The molecule has 1 heteroatoms. The highest BCUT2D eigenvalue weighted by molar-refractivity contribution is 5.61. The highest BCUT2D eigenvalue weighted by Gasteiger charge is 2.09. The summed E-state index contributed by atoms with van der Waals surface area (Å²) in [5.74, 6) is 1.03. The molecule has 1 aromatic rings. The molecule has 0 heterocycles. The summed E-state index contributed by atoms with van der Waals surface area (Å²) in [5, 5.41) is 0.